The van der Waals surface area contributed by atoms with E-state index >= 15 is 0 Å². The maximum Gasteiger partial charge on any atom is 0.511 e. The standard InChI is InChI=1S/C29H42O3/c1-5-7-9-11-13-17-25-26(24-19-15-16-22(3)23(24)4)20-21-28(32-29(30)31)27(25)18-14-12-10-8-6-2/h15-16,19-21H,5-14,17-18H2,1-4H3,(H,30,31). The molecule has 3 heteroatoms. The Bertz CT molecular complexity index is 854. The predicted molar refractivity (Wildman–Crippen MR) is 135 cm³/mol. The largest absolute Gasteiger partial charge is 0.511 e. The minimum atomic E-state index is -1.23. The molecule has 176 valence electrons. The zero-order valence-corrected chi connectivity index (χ0v) is 20.6. The minimum Gasteiger partial charge on any atom is -0.449 e. The Hall–Kier alpha value is -2.29. The van der Waals surface area contributed by atoms with Crippen molar-refractivity contribution in [3.05, 3.63) is 52.6 Å². The van der Waals surface area contributed by atoms with Crippen LogP contribution in [0.25, 0.3) is 11.1 Å². The van der Waals surface area contributed by atoms with Gasteiger partial charge in [-0.05, 0) is 79.0 Å². The fourth-order valence-corrected chi connectivity index (χ4v) is 4.53. The second-order valence-corrected chi connectivity index (χ2v) is 9.01. The lowest BCUT2D eigenvalue weighted by Gasteiger charge is -2.20. The van der Waals surface area contributed by atoms with E-state index in [0.717, 1.165) is 31.2 Å². The molecule has 2 rings (SSSR count). The monoisotopic (exact) mass is 438 g/mol. The van der Waals surface area contributed by atoms with Gasteiger partial charge in [0.25, 0.3) is 0 Å². The van der Waals surface area contributed by atoms with Crippen molar-refractivity contribution in [3.63, 3.8) is 0 Å². The summed E-state index contributed by atoms with van der Waals surface area (Å²) < 4.78 is 5.27. The van der Waals surface area contributed by atoms with Gasteiger partial charge in [0, 0.05) is 0 Å². The van der Waals surface area contributed by atoms with E-state index in [1.807, 2.05) is 6.07 Å². The average Bonchev–Trinajstić information content (AvgIpc) is 2.76. The third-order valence-electron chi connectivity index (χ3n) is 6.54. The summed E-state index contributed by atoms with van der Waals surface area (Å²) in [6, 6.07) is 10.4. The van der Waals surface area contributed by atoms with Crippen LogP contribution >= 0.6 is 0 Å². The van der Waals surface area contributed by atoms with Gasteiger partial charge < -0.3 is 9.84 Å². The van der Waals surface area contributed by atoms with Crippen molar-refractivity contribution in [3.8, 4) is 16.9 Å². The zero-order chi connectivity index (χ0) is 23.3. The van der Waals surface area contributed by atoms with E-state index in [2.05, 4.69) is 52.0 Å². The second-order valence-electron chi connectivity index (χ2n) is 9.01. The Labute approximate surface area is 195 Å². The lowest BCUT2D eigenvalue weighted by atomic mass is 9.86. The highest BCUT2D eigenvalue weighted by Crippen LogP contribution is 2.37. The molecule has 0 unspecified atom stereocenters. The molecule has 0 spiro atoms. The van der Waals surface area contributed by atoms with Gasteiger partial charge in [0.1, 0.15) is 5.75 Å². The van der Waals surface area contributed by atoms with Gasteiger partial charge in [0.05, 0.1) is 0 Å². The van der Waals surface area contributed by atoms with Gasteiger partial charge in [0.15, 0.2) is 0 Å². The normalized spacial score (nSPS) is 11.0. The number of rotatable bonds is 14. The van der Waals surface area contributed by atoms with E-state index in [1.54, 1.807) is 0 Å². The first-order valence-corrected chi connectivity index (χ1v) is 12.6. The first kappa shape index (κ1) is 26.0. The molecule has 2 aromatic rings. The van der Waals surface area contributed by atoms with Crippen molar-refractivity contribution in [2.75, 3.05) is 0 Å². The lowest BCUT2D eigenvalue weighted by Crippen LogP contribution is -2.09. The first-order valence-electron chi connectivity index (χ1n) is 12.6. The van der Waals surface area contributed by atoms with E-state index in [4.69, 9.17) is 4.74 Å². The summed E-state index contributed by atoms with van der Waals surface area (Å²) in [5.41, 5.74) is 7.44. The lowest BCUT2D eigenvalue weighted by molar-refractivity contribution is 0.144. The number of unbranched alkanes of at least 4 members (excludes halogenated alkanes) is 8. The molecule has 0 atom stereocenters. The van der Waals surface area contributed by atoms with E-state index in [1.165, 1.54) is 79.2 Å². The smallest absolute Gasteiger partial charge is 0.449 e. The molecule has 0 bridgehead atoms. The Balaban J connectivity index is 2.44. The van der Waals surface area contributed by atoms with Gasteiger partial charge in [0.2, 0.25) is 0 Å². The summed E-state index contributed by atoms with van der Waals surface area (Å²) in [6.07, 6.45) is 12.6. The fourth-order valence-electron chi connectivity index (χ4n) is 4.53. The SMILES string of the molecule is CCCCCCCc1c(OC(=O)O)ccc(-c2cccc(C)c2C)c1CCCCCCC. The molecule has 0 aliphatic rings. The summed E-state index contributed by atoms with van der Waals surface area (Å²) in [6.45, 7) is 8.80. The second kappa shape index (κ2) is 14.0. The van der Waals surface area contributed by atoms with Gasteiger partial charge in [-0.25, -0.2) is 4.79 Å². The maximum atomic E-state index is 11.4. The van der Waals surface area contributed by atoms with Gasteiger partial charge in [-0.3, -0.25) is 0 Å². The number of benzene rings is 2. The Morgan fingerprint density at radius 3 is 1.94 bits per heavy atom. The van der Waals surface area contributed by atoms with E-state index in [0.29, 0.717) is 5.75 Å². The van der Waals surface area contributed by atoms with E-state index < -0.39 is 6.16 Å². The van der Waals surface area contributed by atoms with Crippen LogP contribution in [0.15, 0.2) is 30.3 Å². The molecule has 0 aromatic heterocycles. The van der Waals surface area contributed by atoms with Crippen molar-refractivity contribution in [1.82, 2.24) is 0 Å². The maximum absolute atomic E-state index is 11.4. The molecule has 0 heterocycles. The van der Waals surface area contributed by atoms with Crippen molar-refractivity contribution in [2.24, 2.45) is 0 Å². The number of aryl methyl sites for hydroxylation is 1. The molecule has 32 heavy (non-hydrogen) atoms. The highest BCUT2D eigenvalue weighted by molar-refractivity contribution is 5.75. The molecule has 3 nitrogen and oxygen atoms in total. The third-order valence-corrected chi connectivity index (χ3v) is 6.54. The molecule has 2 aromatic carbocycles. The Kier molecular flexibility index (Phi) is 11.3. The summed E-state index contributed by atoms with van der Waals surface area (Å²) in [7, 11) is 0. The summed E-state index contributed by atoms with van der Waals surface area (Å²) >= 11 is 0. The van der Waals surface area contributed by atoms with Crippen molar-refractivity contribution in [2.45, 2.75) is 105 Å². The van der Waals surface area contributed by atoms with Crippen molar-refractivity contribution in [1.29, 1.82) is 0 Å². The fraction of sp³-hybridized carbons (Fsp3) is 0.552. The van der Waals surface area contributed by atoms with Gasteiger partial charge >= 0.3 is 6.16 Å². The molecule has 0 amide bonds. The Morgan fingerprint density at radius 1 is 0.750 bits per heavy atom. The topological polar surface area (TPSA) is 46.5 Å². The van der Waals surface area contributed by atoms with Gasteiger partial charge in [-0.2, -0.15) is 0 Å². The van der Waals surface area contributed by atoms with Gasteiger partial charge in [-0.1, -0.05) is 89.5 Å². The van der Waals surface area contributed by atoms with Crippen LogP contribution in [0.4, 0.5) is 4.79 Å². The van der Waals surface area contributed by atoms with Crippen molar-refractivity contribution >= 4 is 6.16 Å². The highest BCUT2D eigenvalue weighted by atomic mass is 16.7. The third kappa shape index (κ3) is 7.69. The van der Waals surface area contributed by atoms with Crippen LogP contribution in [0.2, 0.25) is 0 Å². The average molecular weight is 439 g/mol. The molecule has 0 radical (unpaired) electrons. The van der Waals surface area contributed by atoms with Crippen LogP contribution in [-0.4, -0.2) is 11.3 Å². The summed E-state index contributed by atoms with van der Waals surface area (Å²) in [5, 5.41) is 9.34. The number of carboxylic acid groups (broad SMARTS) is 1. The predicted octanol–water partition coefficient (Wildman–Crippen LogP) is 9.05. The van der Waals surface area contributed by atoms with Gasteiger partial charge in [-0.15, -0.1) is 0 Å². The van der Waals surface area contributed by atoms with Crippen LogP contribution in [0.3, 0.4) is 0 Å². The summed E-state index contributed by atoms with van der Waals surface area (Å²) in [5.74, 6) is 0.519. The van der Waals surface area contributed by atoms with Crippen LogP contribution in [0.1, 0.15) is 100 Å². The Morgan fingerprint density at radius 2 is 1.34 bits per heavy atom. The molecular formula is C29H42O3. The molecule has 1 N–H and O–H groups in total. The summed E-state index contributed by atoms with van der Waals surface area (Å²) in [4.78, 5) is 11.4. The molecule has 0 aliphatic heterocycles. The number of hydrogen-bond donors (Lipinski definition) is 1. The van der Waals surface area contributed by atoms with E-state index in [9.17, 15) is 9.90 Å². The molecule has 0 saturated heterocycles. The number of ether oxygens (including phenoxy) is 1. The number of carbonyl (C=O) groups is 1. The first-order chi connectivity index (χ1) is 15.5. The van der Waals surface area contributed by atoms with Crippen LogP contribution < -0.4 is 4.74 Å². The van der Waals surface area contributed by atoms with Crippen LogP contribution in [-0.2, 0) is 12.8 Å². The van der Waals surface area contributed by atoms with E-state index in [-0.39, 0.29) is 0 Å². The minimum absolute atomic E-state index is 0.519. The highest BCUT2D eigenvalue weighted by Gasteiger charge is 2.18. The molecule has 0 aliphatic carbocycles. The number of hydrogen-bond acceptors (Lipinski definition) is 2. The van der Waals surface area contributed by atoms with Crippen molar-refractivity contribution < 1.29 is 14.6 Å². The zero-order valence-electron chi connectivity index (χ0n) is 20.6. The molecule has 0 saturated carbocycles. The molecule has 0 fully saturated rings. The van der Waals surface area contributed by atoms with Crippen LogP contribution in [0, 0.1) is 13.8 Å². The molecular weight excluding hydrogens is 396 g/mol. The van der Waals surface area contributed by atoms with Crippen LogP contribution in [0.5, 0.6) is 5.75 Å². The quantitative estimate of drug-likeness (QED) is 0.182.